The molecule has 0 radical (unpaired) electrons. The van der Waals surface area contributed by atoms with Crippen LogP contribution >= 0.6 is 0 Å². The van der Waals surface area contributed by atoms with Crippen LogP contribution in [0.2, 0.25) is 0 Å². The van der Waals surface area contributed by atoms with Crippen LogP contribution in [0, 0.1) is 5.92 Å². The van der Waals surface area contributed by atoms with E-state index in [-0.39, 0.29) is 55.3 Å². The lowest BCUT2D eigenvalue weighted by Gasteiger charge is -2.18. The minimum atomic E-state index is -0.281. The highest BCUT2D eigenvalue weighted by Gasteiger charge is 2.16. The first-order valence-corrected chi connectivity index (χ1v) is 27.7. The van der Waals surface area contributed by atoms with E-state index in [2.05, 4.69) is 33.0 Å². The number of hydrogen-bond donors (Lipinski definition) is 1. The minimum Gasteiger partial charge on any atom is -0.465 e. The number of ether oxygens (including phenoxy) is 4. The molecule has 0 aliphatic carbocycles. The van der Waals surface area contributed by atoms with Crippen molar-refractivity contribution in [3.05, 3.63) is 0 Å². The zero-order chi connectivity index (χ0) is 47.0. The van der Waals surface area contributed by atoms with Crippen molar-refractivity contribution in [1.82, 2.24) is 5.32 Å². The Morgan fingerprint density at radius 3 is 1.03 bits per heavy atom. The van der Waals surface area contributed by atoms with E-state index < -0.39 is 0 Å². The molecule has 0 saturated heterocycles. The summed E-state index contributed by atoms with van der Waals surface area (Å²) in [5, 5.41) is 2.97. The predicted molar refractivity (Wildman–Crippen MR) is 267 cm³/mol. The topological polar surface area (TPSA) is 117 Å². The van der Waals surface area contributed by atoms with Gasteiger partial charge in [-0.05, 0) is 77.0 Å². The van der Waals surface area contributed by atoms with Crippen LogP contribution in [0.1, 0.15) is 291 Å². The normalized spacial score (nSPS) is 11.9. The summed E-state index contributed by atoms with van der Waals surface area (Å²) in [7, 11) is 0. The van der Waals surface area contributed by atoms with Crippen LogP contribution in [0.4, 0.5) is 4.79 Å². The Balaban J connectivity index is 4.04. The number of nitrogens with one attached hydrogen (secondary N) is 1. The van der Waals surface area contributed by atoms with E-state index in [0.29, 0.717) is 25.8 Å². The molecule has 9 nitrogen and oxygen atoms in total. The molecule has 0 rings (SSSR count). The monoisotopic (exact) mass is 908 g/mol. The Bertz CT molecular complexity index is 1020. The second kappa shape index (κ2) is 48.6. The standard InChI is InChI=1S/C55H105NO8/c1-6-10-14-18-23-31-39-50(40-32-24-19-15-11-7-2)63-54(59)45-37-29-28-36-44-53(58)62-48-49(5)47-61-52(57)43-35-27-22-30-38-46-56-55(60)64-51(41-33-25-20-16-12-8-3)42-34-26-21-17-13-9-4/h49-51H,6-48H2,1-5H3,(H,56,60). The highest BCUT2D eigenvalue weighted by Crippen LogP contribution is 2.20. The van der Waals surface area contributed by atoms with Gasteiger partial charge in [0.1, 0.15) is 12.2 Å². The third-order valence-electron chi connectivity index (χ3n) is 12.5. The Morgan fingerprint density at radius 2 is 0.656 bits per heavy atom. The first kappa shape index (κ1) is 61.7. The largest absolute Gasteiger partial charge is 0.465 e. The molecule has 378 valence electrons. The summed E-state index contributed by atoms with van der Waals surface area (Å²) in [4.78, 5) is 49.9. The van der Waals surface area contributed by atoms with Crippen molar-refractivity contribution in [1.29, 1.82) is 0 Å². The minimum absolute atomic E-state index is 0.0180. The van der Waals surface area contributed by atoms with Crippen molar-refractivity contribution < 1.29 is 38.1 Å². The number of carbonyl (C=O) groups excluding carboxylic acids is 4. The molecule has 1 N–H and O–H groups in total. The average molecular weight is 908 g/mol. The number of amides is 1. The number of carbonyl (C=O) groups is 4. The Morgan fingerprint density at radius 1 is 0.359 bits per heavy atom. The number of hydrogen-bond acceptors (Lipinski definition) is 8. The third-order valence-corrected chi connectivity index (χ3v) is 12.5. The van der Waals surface area contributed by atoms with Crippen LogP contribution < -0.4 is 5.32 Å². The van der Waals surface area contributed by atoms with Crippen molar-refractivity contribution >= 4 is 24.0 Å². The van der Waals surface area contributed by atoms with Gasteiger partial charge in [-0.25, -0.2) is 4.79 Å². The number of unbranched alkanes of at least 4 members (excludes halogenated alkanes) is 27. The predicted octanol–water partition coefficient (Wildman–Crippen LogP) is 16.4. The summed E-state index contributed by atoms with van der Waals surface area (Å²) in [5.74, 6) is -0.580. The molecule has 0 aromatic carbocycles. The quantitative estimate of drug-likeness (QED) is 0.0364. The second-order valence-electron chi connectivity index (χ2n) is 19.2. The summed E-state index contributed by atoms with van der Waals surface area (Å²) in [6.45, 7) is 12.0. The lowest BCUT2D eigenvalue weighted by Crippen LogP contribution is -2.29. The van der Waals surface area contributed by atoms with Crippen molar-refractivity contribution in [2.75, 3.05) is 19.8 Å². The molecule has 0 aliphatic heterocycles. The van der Waals surface area contributed by atoms with E-state index in [4.69, 9.17) is 18.9 Å². The van der Waals surface area contributed by atoms with Crippen molar-refractivity contribution in [2.45, 2.75) is 304 Å². The van der Waals surface area contributed by atoms with Crippen LogP contribution in [0.3, 0.4) is 0 Å². The summed E-state index contributed by atoms with van der Waals surface area (Å²) in [5.41, 5.74) is 0. The van der Waals surface area contributed by atoms with Crippen molar-refractivity contribution in [2.24, 2.45) is 5.92 Å². The lowest BCUT2D eigenvalue weighted by atomic mass is 10.0. The van der Waals surface area contributed by atoms with Crippen molar-refractivity contribution in [3.63, 3.8) is 0 Å². The summed E-state index contributed by atoms with van der Waals surface area (Å²) in [6, 6.07) is 0. The molecule has 9 heteroatoms. The molecule has 0 bridgehead atoms. The maximum Gasteiger partial charge on any atom is 0.407 e. The molecule has 1 amide bonds. The van der Waals surface area contributed by atoms with E-state index >= 15 is 0 Å². The Kier molecular flexibility index (Phi) is 46.8. The van der Waals surface area contributed by atoms with Crippen molar-refractivity contribution in [3.8, 4) is 0 Å². The van der Waals surface area contributed by atoms with E-state index in [9.17, 15) is 19.2 Å². The fourth-order valence-corrected chi connectivity index (χ4v) is 8.24. The van der Waals surface area contributed by atoms with Crippen LogP contribution in [0.15, 0.2) is 0 Å². The van der Waals surface area contributed by atoms with Gasteiger partial charge >= 0.3 is 24.0 Å². The van der Waals surface area contributed by atoms with Crippen LogP contribution in [0.5, 0.6) is 0 Å². The van der Waals surface area contributed by atoms with Gasteiger partial charge in [0.15, 0.2) is 0 Å². The van der Waals surface area contributed by atoms with Gasteiger partial charge in [0.2, 0.25) is 0 Å². The number of rotatable bonds is 49. The molecule has 64 heavy (non-hydrogen) atoms. The molecule has 0 saturated carbocycles. The maximum absolute atomic E-state index is 12.7. The zero-order valence-electron chi connectivity index (χ0n) is 42.9. The van der Waals surface area contributed by atoms with Gasteiger partial charge in [-0.15, -0.1) is 0 Å². The zero-order valence-corrected chi connectivity index (χ0v) is 42.9. The smallest absolute Gasteiger partial charge is 0.407 e. The first-order valence-electron chi connectivity index (χ1n) is 27.7. The SMILES string of the molecule is CCCCCCCCC(CCCCCCCC)OC(=O)CCCCCCC(=O)OCC(C)COC(=O)CCCCCCCNC(=O)OC(CCCCCCCC)CCCCCCCC. The summed E-state index contributed by atoms with van der Waals surface area (Å²) in [6.07, 6.45) is 42.7. The fraction of sp³-hybridized carbons (Fsp3) is 0.927. The summed E-state index contributed by atoms with van der Waals surface area (Å²) >= 11 is 0. The summed E-state index contributed by atoms with van der Waals surface area (Å²) < 4.78 is 22.7. The van der Waals surface area contributed by atoms with Gasteiger partial charge in [0.05, 0.1) is 13.2 Å². The molecule has 0 fully saturated rings. The second-order valence-corrected chi connectivity index (χ2v) is 19.2. The van der Waals surface area contributed by atoms with Crippen LogP contribution in [-0.2, 0) is 33.3 Å². The fourth-order valence-electron chi connectivity index (χ4n) is 8.24. The lowest BCUT2D eigenvalue weighted by molar-refractivity contribution is -0.151. The van der Waals surface area contributed by atoms with Gasteiger partial charge in [-0.2, -0.15) is 0 Å². The first-order chi connectivity index (χ1) is 31.2. The molecule has 0 aromatic rings. The molecule has 0 aromatic heterocycles. The third kappa shape index (κ3) is 44.9. The van der Waals surface area contributed by atoms with Gasteiger partial charge in [0.25, 0.3) is 0 Å². The maximum atomic E-state index is 12.7. The van der Waals surface area contributed by atoms with Crippen LogP contribution in [-0.4, -0.2) is 56.0 Å². The van der Waals surface area contributed by atoms with E-state index in [1.165, 1.54) is 128 Å². The van der Waals surface area contributed by atoms with Gasteiger partial charge in [-0.1, -0.05) is 195 Å². The highest BCUT2D eigenvalue weighted by molar-refractivity contribution is 5.70. The molecule has 0 heterocycles. The molecular formula is C55H105NO8. The molecule has 1 atom stereocenters. The molecule has 1 unspecified atom stereocenters. The molecular weight excluding hydrogens is 803 g/mol. The Hall–Kier alpha value is -2.32. The molecule has 0 spiro atoms. The van der Waals surface area contributed by atoms with Gasteiger partial charge < -0.3 is 24.3 Å². The van der Waals surface area contributed by atoms with E-state index in [0.717, 1.165) is 109 Å². The van der Waals surface area contributed by atoms with E-state index in [1.807, 2.05) is 6.92 Å². The van der Waals surface area contributed by atoms with Crippen LogP contribution in [0.25, 0.3) is 0 Å². The highest BCUT2D eigenvalue weighted by atomic mass is 16.6. The van der Waals surface area contributed by atoms with Gasteiger partial charge in [-0.3, -0.25) is 14.4 Å². The van der Waals surface area contributed by atoms with E-state index in [1.54, 1.807) is 0 Å². The number of esters is 3. The van der Waals surface area contributed by atoms with Gasteiger partial charge in [0, 0.05) is 31.7 Å². The molecule has 0 aliphatic rings. The number of alkyl carbamates (subject to hydrolysis) is 1. The average Bonchev–Trinajstić information content (AvgIpc) is 3.28. The Labute approximate surface area is 395 Å².